The van der Waals surface area contributed by atoms with Crippen molar-refractivity contribution in [3.8, 4) is 0 Å². The van der Waals surface area contributed by atoms with Crippen molar-refractivity contribution in [2.45, 2.75) is 18.4 Å². The Kier molecular flexibility index (Phi) is 3.31. The number of hydrogen-bond donors (Lipinski definition) is 2. The molecule has 0 aliphatic carbocycles. The number of alkyl halides is 6. The number of amides is 2. The molecule has 1 aliphatic heterocycles. The van der Waals surface area contributed by atoms with Crippen molar-refractivity contribution >= 4 is 6.03 Å². The van der Waals surface area contributed by atoms with Crippen LogP contribution in [0.5, 0.6) is 0 Å². The Morgan fingerprint density at radius 1 is 1.05 bits per heavy atom. The van der Waals surface area contributed by atoms with E-state index < -0.39 is 41.1 Å². The Balaban J connectivity index is 2.51. The number of halogens is 6. The normalized spacial score (nSPS) is 19.7. The summed E-state index contributed by atoms with van der Waals surface area (Å²) in [6.07, 6.45) is -9.55. The van der Waals surface area contributed by atoms with Gasteiger partial charge in [-0.25, -0.2) is 4.79 Å². The fourth-order valence-corrected chi connectivity index (χ4v) is 1.93. The molecule has 3 nitrogen and oxygen atoms in total. The largest absolute Gasteiger partial charge is 0.416 e. The fourth-order valence-electron chi connectivity index (χ4n) is 1.93. The van der Waals surface area contributed by atoms with Gasteiger partial charge in [-0.15, -0.1) is 0 Å². The summed E-state index contributed by atoms with van der Waals surface area (Å²) in [6, 6.07) is -0.707. The van der Waals surface area contributed by atoms with Crippen LogP contribution in [0.25, 0.3) is 0 Å². The Morgan fingerprint density at radius 3 is 2.15 bits per heavy atom. The molecule has 110 valence electrons. The lowest BCUT2D eigenvalue weighted by Crippen LogP contribution is -2.24. The summed E-state index contributed by atoms with van der Waals surface area (Å²) in [7, 11) is 0. The average molecular weight is 298 g/mol. The molecule has 2 rings (SSSR count). The predicted molar refractivity (Wildman–Crippen MR) is 55.7 cm³/mol. The van der Waals surface area contributed by atoms with Crippen molar-refractivity contribution in [3.63, 3.8) is 0 Å². The van der Waals surface area contributed by atoms with Gasteiger partial charge >= 0.3 is 18.4 Å². The molecule has 0 bridgehead atoms. The highest BCUT2D eigenvalue weighted by molar-refractivity contribution is 5.77. The Labute approximate surface area is 109 Å². The zero-order valence-corrected chi connectivity index (χ0v) is 9.69. The van der Waals surface area contributed by atoms with Gasteiger partial charge in [-0.3, -0.25) is 0 Å². The average Bonchev–Trinajstić information content (AvgIpc) is 2.72. The van der Waals surface area contributed by atoms with Gasteiger partial charge in [0.2, 0.25) is 0 Å². The number of carbonyl (C=O) groups excluding carboxylic acids is 1. The van der Waals surface area contributed by atoms with Gasteiger partial charge in [0.1, 0.15) is 0 Å². The van der Waals surface area contributed by atoms with Crippen LogP contribution >= 0.6 is 0 Å². The van der Waals surface area contributed by atoms with Gasteiger partial charge in [-0.05, 0) is 23.8 Å². The third-order valence-electron chi connectivity index (χ3n) is 2.83. The quantitative estimate of drug-likeness (QED) is 0.769. The van der Waals surface area contributed by atoms with Crippen LogP contribution in [0.2, 0.25) is 0 Å². The number of hydrogen-bond acceptors (Lipinski definition) is 1. The SMILES string of the molecule is O=C1NC[C@@H](c2cc(C(F)(F)F)ccc2C(F)(F)F)N1. The van der Waals surface area contributed by atoms with Crippen LogP contribution in [-0.4, -0.2) is 12.6 Å². The van der Waals surface area contributed by atoms with E-state index in [0.29, 0.717) is 18.2 Å². The van der Waals surface area contributed by atoms with Gasteiger partial charge in [0, 0.05) is 6.54 Å². The Hall–Kier alpha value is -1.93. The van der Waals surface area contributed by atoms with Gasteiger partial charge in [0.25, 0.3) is 0 Å². The van der Waals surface area contributed by atoms with Gasteiger partial charge in [0.05, 0.1) is 17.2 Å². The second kappa shape index (κ2) is 4.57. The summed E-state index contributed by atoms with van der Waals surface area (Å²) in [6.45, 7) is -0.205. The molecule has 1 aromatic carbocycles. The van der Waals surface area contributed by atoms with E-state index in [9.17, 15) is 31.1 Å². The number of nitrogens with one attached hydrogen (secondary N) is 2. The van der Waals surface area contributed by atoms with E-state index in [2.05, 4.69) is 10.6 Å². The highest BCUT2D eigenvalue weighted by Gasteiger charge is 2.39. The van der Waals surface area contributed by atoms with Crippen molar-refractivity contribution < 1.29 is 31.1 Å². The van der Waals surface area contributed by atoms with E-state index in [0.717, 1.165) is 0 Å². The summed E-state index contributed by atoms with van der Waals surface area (Å²) in [4.78, 5) is 10.9. The molecule has 1 fully saturated rings. The lowest BCUT2D eigenvalue weighted by Gasteiger charge is -2.19. The van der Waals surface area contributed by atoms with Crippen molar-refractivity contribution in [1.82, 2.24) is 10.6 Å². The van der Waals surface area contributed by atoms with Crippen LogP contribution in [0.1, 0.15) is 22.7 Å². The predicted octanol–water partition coefficient (Wildman–Crippen LogP) is 3.08. The number of carbonyl (C=O) groups is 1. The van der Waals surface area contributed by atoms with Crippen LogP contribution in [0.15, 0.2) is 18.2 Å². The van der Waals surface area contributed by atoms with E-state index in [1.54, 1.807) is 0 Å². The minimum atomic E-state index is -4.80. The van der Waals surface area contributed by atoms with Gasteiger partial charge in [0.15, 0.2) is 0 Å². The molecule has 20 heavy (non-hydrogen) atoms. The summed E-state index contributed by atoms with van der Waals surface area (Å²) in [5.74, 6) is 0. The number of benzene rings is 1. The summed E-state index contributed by atoms with van der Waals surface area (Å²) < 4.78 is 76.2. The van der Waals surface area contributed by atoms with Crippen molar-refractivity contribution in [1.29, 1.82) is 0 Å². The zero-order valence-electron chi connectivity index (χ0n) is 9.69. The second-order valence-electron chi connectivity index (χ2n) is 4.20. The lowest BCUT2D eigenvalue weighted by molar-refractivity contribution is -0.142. The summed E-state index contributed by atoms with van der Waals surface area (Å²) >= 11 is 0. The molecule has 1 heterocycles. The molecule has 1 aliphatic rings. The third kappa shape index (κ3) is 2.81. The molecular formula is C11H8F6N2O. The Morgan fingerprint density at radius 2 is 1.70 bits per heavy atom. The van der Waals surface area contributed by atoms with E-state index in [-0.39, 0.29) is 6.54 Å². The third-order valence-corrected chi connectivity index (χ3v) is 2.83. The standard InChI is InChI=1S/C11H8F6N2O/c12-10(13,14)5-1-2-7(11(15,16)17)6(3-5)8-4-18-9(20)19-8/h1-3,8H,4H2,(H2,18,19,20)/t8-/m0/s1. The van der Waals surface area contributed by atoms with Gasteiger partial charge in [-0.1, -0.05) is 0 Å². The molecule has 2 amide bonds. The van der Waals surface area contributed by atoms with Crippen LogP contribution in [-0.2, 0) is 12.4 Å². The van der Waals surface area contributed by atoms with E-state index in [4.69, 9.17) is 0 Å². The molecule has 9 heteroatoms. The van der Waals surface area contributed by atoms with Crippen molar-refractivity contribution in [2.24, 2.45) is 0 Å². The van der Waals surface area contributed by atoms with Crippen molar-refractivity contribution in [2.75, 3.05) is 6.54 Å². The molecule has 0 unspecified atom stereocenters. The minimum absolute atomic E-state index is 0.205. The molecule has 1 aromatic rings. The van der Waals surface area contributed by atoms with E-state index in [1.165, 1.54) is 0 Å². The highest BCUT2D eigenvalue weighted by atomic mass is 19.4. The number of rotatable bonds is 1. The molecule has 1 saturated heterocycles. The highest BCUT2D eigenvalue weighted by Crippen LogP contribution is 2.38. The molecule has 0 radical (unpaired) electrons. The molecular weight excluding hydrogens is 290 g/mol. The van der Waals surface area contributed by atoms with Crippen LogP contribution in [0, 0.1) is 0 Å². The molecule has 0 spiro atoms. The van der Waals surface area contributed by atoms with Crippen molar-refractivity contribution in [3.05, 3.63) is 34.9 Å². The monoisotopic (exact) mass is 298 g/mol. The molecule has 0 saturated carbocycles. The van der Waals surface area contributed by atoms with Gasteiger partial charge < -0.3 is 10.6 Å². The fraction of sp³-hybridized carbons (Fsp3) is 0.364. The first-order valence-corrected chi connectivity index (χ1v) is 5.42. The second-order valence-corrected chi connectivity index (χ2v) is 4.20. The smallest absolute Gasteiger partial charge is 0.336 e. The molecule has 1 atom stereocenters. The first-order valence-electron chi connectivity index (χ1n) is 5.42. The Bertz CT molecular complexity index is 537. The topological polar surface area (TPSA) is 41.1 Å². The summed E-state index contributed by atoms with van der Waals surface area (Å²) in [5.41, 5.74) is -2.99. The first kappa shape index (κ1) is 14.5. The summed E-state index contributed by atoms with van der Waals surface area (Å²) in [5, 5.41) is 4.35. The maximum absolute atomic E-state index is 12.8. The molecule has 2 N–H and O–H groups in total. The zero-order chi connectivity index (χ0) is 15.1. The lowest BCUT2D eigenvalue weighted by atomic mass is 9.97. The van der Waals surface area contributed by atoms with Crippen LogP contribution in [0.3, 0.4) is 0 Å². The van der Waals surface area contributed by atoms with Crippen LogP contribution in [0.4, 0.5) is 31.1 Å². The van der Waals surface area contributed by atoms with E-state index in [1.807, 2.05) is 0 Å². The van der Waals surface area contributed by atoms with Crippen LogP contribution < -0.4 is 10.6 Å². The van der Waals surface area contributed by atoms with Gasteiger partial charge in [-0.2, -0.15) is 26.3 Å². The van der Waals surface area contributed by atoms with E-state index >= 15 is 0 Å². The number of urea groups is 1. The minimum Gasteiger partial charge on any atom is -0.336 e. The molecule has 0 aromatic heterocycles. The maximum atomic E-state index is 12.8. The first-order chi connectivity index (χ1) is 9.09. The maximum Gasteiger partial charge on any atom is 0.416 e.